The molecule has 0 saturated heterocycles. The number of anilines is 2. The highest BCUT2D eigenvalue weighted by molar-refractivity contribution is 7.92. The van der Waals surface area contributed by atoms with Crippen LogP contribution in [0.4, 0.5) is 11.4 Å². The fraction of sp³-hybridized carbons (Fsp3) is 0.182. The van der Waals surface area contributed by atoms with Crippen molar-refractivity contribution in [3.8, 4) is 0 Å². The molecule has 0 atom stereocenters. The summed E-state index contributed by atoms with van der Waals surface area (Å²) in [6, 6.07) is 5.12. The summed E-state index contributed by atoms with van der Waals surface area (Å²) in [5.41, 5.74) is 2.46. The van der Waals surface area contributed by atoms with Gasteiger partial charge in [-0.1, -0.05) is 6.07 Å². The maximum atomic E-state index is 12.1. The van der Waals surface area contributed by atoms with Crippen LogP contribution in [0.1, 0.15) is 5.56 Å². The van der Waals surface area contributed by atoms with Crippen molar-refractivity contribution in [1.29, 1.82) is 0 Å². The van der Waals surface area contributed by atoms with Crippen LogP contribution < -0.4 is 10.0 Å². The molecule has 1 aliphatic heterocycles. The number of aromatic amines is 1. The van der Waals surface area contributed by atoms with Crippen LogP contribution in [0.25, 0.3) is 0 Å². The number of benzene rings is 1. The summed E-state index contributed by atoms with van der Waals surface area (Å²) in [6.45, 7) is 0.855. The summed E-state index contributed by atoms with van der Waals surface area (Å²) < 4.78 is 26.7. The monoisotopic (exact) mass is 264 g/mol. The summed E-state index contributed by atoms with van der Waals surface area (Å²) in [5.74, 6) is 0. The van der Waals surface area contributed by atoms with Gasteiger partial charge in [-0.2, -0.15) is 5.10 Å². The summed E-state index contributed by atoms with van der Waals surface area (Å²) in [4.78, 5) is 0.247. The van der Waals surface area contributed by atoms with Gasteiger partial charge in [-0.25, -0.2) is 8.42 Å². The molecular weight excluding hydrogens is 252 g/mol. The van der Waals surface area contributed by atoms with Gasteiger partial charge < -0.3 is 5.32 Å². The lowest BCUT2D eigenvalue weighted by atomic mass is 10.2. The van der Waals surface area contributed by atoms with Crippen molar-refractivity contribution < 1.29 is 8.42 Å². The molecule has 1 aliphatic rings. The molecule has 3 rings (SSSR count). The largest absolute Gasteiger partial charge is 0.384 e. The fourth-order valence-corrected chi connectivity index (χ4v) is 3.02. The number of rotatable bonds is 3. The van der Waals surface area contributed by atoms with Crippen molar-refractivity contribution in [3.63, 3.8) is 0 Å². The van der Waals surface area contributed by atoms with Gasteiger partial charge in [0, 0.05) is 18.4 Å². The van der Waals surface area contributed by atoms with Crippen LogP contribution in [-0.4, -0.2) is 25.2 Å². The Bertz CT molecular complexity index is 664. The number of fused-ring (bicyclic) bond motifs is 1. The van der Waals surface area contributed by atoms with E-state index >= 15 is 0 Å². The Hall–Kier alpha value is -2.02. The van der Waals surface area contributed by atoms with Crippen LogP contribution in [0.15, 0.2) is 35.5 Å². The Morgan fingerprint density at radius 3 is 3.00 bits per heavy atom. The van der Waals surface area contributed by atoms with Crippen molar-refractivity contribution in [2.75, 3.05) is 16.6 Å². The number of hydrogen-bond donors (Lipinski definition) is 3. The van der Waals surface area contributed by atoms with Crippen LogP contribution in [0.2, 0.25) is 0 Å². The van der Waals surface area contributed by atoms with Gasteiger partial charge in [-0.3, -0.25) is 9.82 Å². The lowest BCUT2D eigenvalue weighted by Crippen LogP contribution is -2.12. The highest BCUT2D eigenvalue weighted by atomic mass is 32.2. The van der Waals surface area contributed by atoms with E-state index in [0.29, 0.717) is 5.69 Å². The van der Waals surface area contributed by atoms with E-state index < -0.39 is 10.0 Å². The van der Waals surface area contributed by atoms with Crippen LogP contribution in [0.5, 0.6) is 0 Å². The van der Waals surface area contributed by atoms with Crippen molar-refractivity contribution in [2.24, 2.45) is 0 Å². The third-order valence-corrected chi connectivity index (χ3v) is 4.23. The van der Waals surface area contributed by atoms with E-state index in [2.05, 4.69) is 20.2 Å². The van der Waals surface area contributed by atoms with E-state index in [9.17, 15) is 8.42 Å². The molecular formula is C11H12N4O2S. The standard InChI is InChI=1S/C11H12N4O2S/c16-18(17,15-9-6-13-14-7-9)10-2-1-8-3-4-12-11(8)5-10/h1-2,5-7,12,15H,3-4H2,(H,13,14). The van der Waals surface area contributed by atoms with Crippen molar-refractivity contribution in [3.05, 3.63) is 36.2 Å². The number of sulfonamides is 1. The highest BCUT2D eigenvalue weighted by Crippen LogP contribution is 2.26. The number of nitrogens with one attached hydrogen (secondary N) is 3. The minimum Gasteiger partial charge on any atom is -0.384 e. The lowest BCUT2D eigenvalue weighted by Gasteiger charge is -2.07. The Labute approximate surface area is 104 Å². The minimum absolute atomic E-state index is 0.247. The van der Waals surface area contributed by atoms with Crippen molar-refractivity contribution >= 4 is 21.4 Å². The van der Waals surface area contributed by atoms with Crippen LogP contribution >= 0.6 is 0 Å². The SMILES string of the molecule is O=S(=O)(Nc1cn[nH]c1)c1ccc2c(c1)NCC2. The normalized spacial score (nSPS) is 14.0. The molecule has 0 radical (unpaired) electrons. The maximum absolute atomic E-state index is 12.1. The number of nitrogens with zero attached hydrogens (tertiary/aromatic N) is 1. The predicted octanol–water partition coefficient (Wildman–Crippen LogP) is 1.18. The fourth-order valence-electron chi connectivity index (χ4n) is 1.96. The summed E-state index contributed by atoms with van der Waals surface area (Å²) in [5, 5.41) is 9.41. The predicted molar refractivity (Wildman–Crippen MR) is 68.0 cm³/mol. The van der Waals surface area contributed by atoms with Gasteiger partial charge in [-0.15, -0.1) is 0 Å². The van der Waals surface area contributed by atoms with E-state index in [-0.39, 0.29) is 4.90 Å². The quantitative estimate of drug-likeness (QED) is 0.777. The summed E-state index contributed by atoms with van der Waals surface area (Å²) in [6.07, 6.45) is 3.84. The molecule has 7 heteroatoms. The molecule has 0 fully saturated rings. The number of hydrogen-bond acceptors (Lipinski definition) is 4. The van der Waals surface area contributed by atoms with Gasteiger partial charge in [0.1, 0.15) is 0 Å². The first-order valence-corrected chi connectivity index (χ1v) is 7.02. The molecule has 0 unspecified atom stereocenters. The Morgan fingerprint density at radius 1 is 1.33 bits per heavy atom. The van der Waals surface area contributed by atoms with E-state index in [1.807, 2.05) is 6.07 Å². The maximum Gasteiger partial charge on any atom is 0.262 e. The van der Waals surface area contributed by atoms with Crippen LogP contribution in [0, 0.1) is 0 Å². The molecule has 0 saturated carbocycles. The number of aromatic nitrogens is 2. The molecule has 1 aromatic heterocycles. The Kier molecular flexibility index (Phi) is 2.48. The molecule has 0 spiro atoms. The molecule has 94 valence electrons. The smallest absolute Gasteiger partial charge is 0.262 e. The highest BCUT2D eigenvalue weighted by Gasteiger charge is 2.18. The second-order valence-electron chi connectivity index (χ2n) is 4.09. The van der Waals surface area contributed by atoms with Gasteiger partial charge in [0.2, 0.25) is 0 Å². The third kappa shape index (κ3) is 1.92. The van der Waals surface area contributed by atoms with Gasteiger partial charge in [0.05, 0.1) is 16.8 Å². The zero-order valence-electron chi connectivity index (χ0n) is 9.47. The Balaban J connectivity index is 1.94. The van der Waals surface area contributed by atoms with Gasteiger partial charge >= 0.3 is 0 Å². The first-order valence-electron chi connectivity index (χ1n) is 5.53. The second kappa shape index (κ2) is 4.02. The van der Waals surface area contributed by atoms with Gasteiger partial charge in [-0.05, 0) is 24.1 Å². The summed E-state index contributed by atoms with van der Waals surface area (Å²) in [7, 11) is -3.55. The Morgan fingerprint density at radius 2 is 2.22 bits per heavy atom. The van der Waals surface area contributed by atoms with Crippen molar-refractivity contribution in [2.45, 2.75) is 11.3 Å². The van der Waals surface area contributed by atoms with Gasteiger partial charge in [0.25, 0.3) is 10.0 Å². The van der Waals surface area contributed by atoms with Crippen LogP contribution in [0.3, 0.4) is 0 Å². The molecule has 18 heavy (non-hydrogen) atoms. The molecule has 3 N–H and O–H groups in total. The van der Waals surface area contributed by atoms with E-state index in [4.69, 9.17) is 0 Å². The van der Waals surface area contributed by atoms with E-state index in [1.54, 1.807) is 12.1 Å². The van der Waals surface area contributed by atoms with Crippen molar-refractivity contribution in [1.82, 2.24) is 10.2 Å². The van der Waals surface area contributed by atoms with Crippen LogP contribution in [-0.2, 0) is 16.4 Å². The molecule has 2 heterocycles. The van der Waals surface area contributed by atoms with Gasteiger partial charge in [0.15, 0.2) is 0 Å². The minimum atomic E-state index is -3.55. The van der Waals surface area contributed by atoms with E-state index in [0.717, 1.165) is 24.2 Å². The molecule has 0 aliphatic carbocycles. The molecule has 1 aromatic carbocycles. The first-order chi connectivity index (χ1) is 8.65. The topological polar surface area (TPSA) is 86.9 Å². The lowest BCUT2D eigenvalue weighted by molar-refractivity contribution is 0.601. The first kappa shape index (κ1) is 11.1. The molecule has 2 aromatic rings. The average Bonchev–Trinajstić information content (AvgIpc) is 2.97. The third-order valence-electron chi connectivity index (χ3n) is 2.85. The molecule has 0 amide bonds. The molecule has 0 bridgehead atoms. The summed E-state index contributed by atoms with van der Waals surface area (Å²) >= 11 is 0. The van der Waals surface area contributed by atoms with E-state index in [1.165, 1.54) is 12.4 Å². The zero-order chi connectivity index (χ0) is 12.6. The molecule has 6 nitrogen and oxygen atoms in total. The second-order valence-corrected chi connectivity index (χ2v) is 5.77. The number of H-pyrrole nitrogens is 1. The average molecular weight is 264 g/mol. The zero-order valence-corrected chi connectivity index (χ0v) is 10.3.